The number of sulfone groups is 1. The quantitative estimate of drug-likeness (QED) is 0.631. The summed E-state index contributed by atoms with van der Waals surface area (Å²) in [6.45, 7) is 0. The highest BCUT2D eigenvalue weighted by molar-refractivity contribution is 7.95. The Balaban J connectivity index is 1.94. The van der Waals surface area contributed by atoms with Gasteiger partial charge in [-0.25, -0.2) is 13.2 Å². The molecule has 3 aromatic rings. The first kappa shape index (κ1) is 19.3. The average molecular weight is 400 g/mol. The molecule has 0 unspecified atom stereocenters. The zero-order valence-corrected chi connectivity index (χ0v) is 15.9. The van der Waals surface area contributed by atoms with E-state index in [4.69, 9.17) is 13.9 Å². The molecule has 3 rings (SSSR count). The molecule has 0 aliphatic heterocycles. The fourth-order valence-electron chi connectivity index (χ4n) is 2.66. The van der Waals surface area contributed by atoms with Crippen molar-refractivity contribution >= 4 is 27.0 Å². The fourth-order valence-corrected chi connectivity index (χ4v) is 3.89. The Kier molecular flexibility index (Phi) is 5.24. The zero-order chi connectivity index (χ0) is 20.3. The summed E-state index contributed by atoms with van der Waals surface area (Å²) in [5.41, 5.74) is 1.62. The van der Waals surface area contributed by atoms with Gasteiger partial charge >= 0.3 is 5.76 Å². The Labute approximate surface area is 160 Å². The second-order valence-corrected chi connectivity index (χ2v) is 7.80. The minimum atomic E-state index is -3.91. The Morgan fingerprint density at radius 2 is 1.93 bits per heavy atom. The van der Waals surface area contributed by atoms with Gasteiger partial charge in [0.1, 0.15) is 11.0 Å². The molecular weight excluding hydrogens is 384 g/mol. The van der Waals surface area contributed by atoms with Crippen molar-refractivity contribution in [3.8, 4) is 17.6 Å². The number of nitrogens with one attached hydrogen (secondary N) is 1. The van der Waals surface area contributed by atoms with E-state index in [0.717, 1.165) is 0 Å². The molecule has 144 valence electrons. The third-order valence-corrected chi connectivity index (χ3v) is 5.59. The summed E-state index contributed by atoms with van der Waals surface area (Å²) in [5.74, 6) is -0.127. The Morgan fingerprint density at radius 3 is 2.61 bits per heavy atom. The number of fused-ring (bicyclic) bond motifs is 1. The smallest absolute Gasteiger partial charge is 0.417 e. The second kappa shape index (κ2) is 7.62. The van der Waals surface area contributed by atoms with E-state index in [1.165, 1.54) is 26.4 Å². The van der Waals surface area contributed by atoms with Gasteiger partial charge in [-0.1, -0.05) is 12.1 Å². The second-order valence-electron chi connectivity index (χ2n) is 5.84. The Hall–Kier alpha value is -3.51. The lowest BCUT2D eigenvalue weighted by molar-refractivity contribution is 0.354. The number of hydrogen-bond donors (Lipinski definition) is 1. The molecule has 0 saturated heterocycles. The van der Waals surface area contributed by atoms with Gasteiger partial charge in [0.25, 0.3) is 0 Å². The minimum Gasteiger partial charge on any atom is -0.493 e. The maximum atomic E-state index is 12.7. The van der Waals surface area contributed by atoms with Crippen molar-refractivity contribution in [3.05, 3.63) is 63.0 Å². The van der Waals surface area contributed by atoms with Crippen molar-refractivity contribution < 1.29 is 22.3 Å². The van der Waals surface area contributed by atoms with Crippen molar-refractivity contribution in [1.82, 2.24) is 4.98 Å². The molecule has 2 aromatic carbocycles. The molecule has 0 amide bonds. The molecule has 0 atom stereocenters. The number of nitriles is 1. The molecule has 0 radical (unpaired) electrons. The number of H-pyrrole nitrogens is 1. The highest BCUT2D eigenvalue weighted by atomic mass is 32.2. The highest BCUT2D eigenvalue weighted by Crippen LogP contribution is 2.29. The van der Waals surface area contributed by atoms with Crippen molar-refractivity contribution in [3.63, 3.8) is 0 Å². The molecule has 0 bridgehead atoms. The summed E-state index contributed by atoms with van der Waals surface area (Å²) in [5, 5.41) is 9.38. The molecule has 0 spiro atoms. The first-order valence-corrected chi connectivity index (χ1v) is 9.70. The van der Waals surface area contributed by atoms with Crippen LogP contribution in [0.5, 0.6) is 11.5 Å². The third-order valence-electron chi connectivity index (χ3n) is 3.99. The number of oxazole rings is 1. The van der Waals surface area contributed by atoms with Gasteiger partial charge < -0.3 is 13.9 Å². The van der Waals surface area contributed by atoms with E-state index in [2.05, 4.69) is 4.98 Å². The van der Waals surface area contributed by atoms with Gasteiger partial charge in [-0.2, -0.15) is 5.26 Å². The van der Waals surface area contributed by atoms with Gasteiger partial charge in [0.15, 0.2) is 26.9 Å². The van der Waals surface area contributed by atoms with Crippen LogP contribution in [0.25, 0.3) is 17.2 Å². The van der Waals surface area contributed by atoms with E-state index in [-0.39, 0.29) is 11.3 Å². The molecule has 1 aromatic heterocycles. The van der Waals surface area contributed by atoms with Gasteiger partial charge in [0, 0.05) is 0 Å². The van der Waals surface area contributed by atoms with Crippen molar-refractivity contribution in [2.45, 2.75) is 5.75 Å². The first-order valence-electron chi connectivity index (χ1n) is 8.04. The number of methoxy groups -OCH3 is 2. The van der Waals surface area contributed by atoms with Crippen LogP contribution in [0.3, 0.4) is 0 Å². The van der Waals surface area contributed by atoms with Gasteiger partial charge in [-0.3, -0.25) is 4.98 Å². The molecule has 1 N–H and O–H groups in total. The predicted molar refractivity (Wildman–Crippen MR) is 103 cm³/mol. The van der Waals surface area contributed by atoms with E-state index in [1.54, 1.807) is 36.4 Å². The van der Waals surface area contributed by atoms with Crippen molar-refractivity contribution in [2.75, 3.05) is 14.2 Å². The predicted octanol–water partition coefficient (Wildman–Crippen LogP) is 2.62. The summed E-state index contributed by atoms with van der Waals surface area (Å²) in [6, 6.07) is 11.1. The average Bonchev–Trinajstić information content (AvgIpc) is 3.04. The largest absolute Gasteiger partial charge is 0.493 e. The van der Waals surface area contributed by atoms with Gasteiger partial charge in [-0.15, -0.1) is 0 Å². The van der Waals surface area contributed by atoms with Crippen molar-refractivity contribution in [1.29, 1.82) is 5.26 Å². The fraction of sp³-hybridized carbons (Fsp3) is 0.158. The van der Waals surface area contributed by atoms with Crippen LogP contribution in [0, 0.1) is 11.3 Å². The van der Waals surface area contributed by atoms with E-state index in [0.29, 0.717) is 28.1 Å². The number of rotatable bonds is 6. The van der Waals surface area contributed by atoms with Crippen LogP contribution in [0.4, 0.5) is 0 Å². The summed E-state index contributed by atoms with van der Waals surface area (Å²) < 4.78 is 40.7. The molecule has 0 saturated carbocycles. The number of aromatic nitrogens is 1. The van der Waals surface area contributed by atoms with Gasteiger partial charge in [-0.05, 0) is 41.5 Å². The molecule has 0 fully saturated rings. The molecule has 8 nitrogen and oxygen atoms in total. The molecule has 28 heavy (non-hydrogen) atoms. The molecule has 0 aliphatic carbocycles. The van der Waals surface area contributed by atoms with Crippen LogP contribution >= 0.6 is 0 Å². The Morgan fingerprint density at radius 1 is 1.18 bits per heavy atom. The molecule has 1 heterocycles. The third kappa shape index (κ3) is 3.92. The molecule has 0 aliphatic rings. The SMILES string of the molecule is COc1ccc(CS(=O)(=O)C(C#N)=Cc2ccc3[nH]c(=O)oc3c2)cc1OC. The normalized spacial score (nSPS) is 12.0. The Bertz CT molecular complexity index is 1260. The number of nitrogens with zero attached hydrogens (tertiary/aromatic N) is 1. The number of allylic oxidation sites excluding steroid dienone is 1. The van der Waals surface area contributed by atoms with E-state index < -0.39 is 20.5 Å². The van der Waals surface area contributed by atoms with E-state index in [9.17, 15) is 18.5 Å². The summed E-state index contributed by atoms with van der Waals surface area (Å²) in [4.78, 5) is 13.3. The lowest BCUT2D eigenvalue weighted by atomic mass is 10.2. The van der Waals surface area contributed by atoms with E-state index >= 15 is 0 Å². The zero-order valence-electron chi connectivity index (χ0n) is 15.1. The standard InChI is InChI=1S/C19H16N2O6S/c1-25-16-6-4-13(9-18(16)26-2)11-28(23,24)14(10-20)7-12-3-5-15-17(8-12)27-19(22)21-15/h3-9H,11H2,1-2H3,(H,21,22). The lowest BCUT2D eigenvalue weighted by Gasteiger charge is -2.09. The number of benzene rings is 2. The van der Waals surface area contributed by atoms with Crippen LogP contribution in [0.15, 0.2) is 50.5 Å². The van der Waals surface area contributed by atoms with Crippen molar-refractivity contribution in [2.24, 2.45) is 0 Å². The minimum absolute atomic E-state index is 0.272. The monoisotopic (exact) mass is 400 g/mol. The van der Waals surface area contributed by atoms with Gasteiger partial charge in [0.05, 0.1) is 25.5 Å². The maximum absolute atomic E-state index is 12.7. The number of aromatic amines is 1. The lowest BCUT2D eigenvalue weighted by Crippen LogP contribution is -2.07. The van der Waals surface area contributed by atoms with Crippen LogP contribution in [0.1, 0.15) is 11.1 Å². The highest BCUT2D eigenvalue weighted by Gasteiger charge is 2.20. The maximum Gasteiger partial charge on any atom is 0.417 e. The number of ether oxygens (including phenoxy) is 2. The summed E-state index contributed by atoms with van der Waals surface area (Å²) >= 11 is 0. The molecular formula is C19H16N2O6S. The number of hydrogen-bond acceptors (Lipinski definition) is 7. The van der Waals surface area contributed by atoms with Crippen LogP contribution in [-0.2, 0) is 15.6 Å². The summed E-state index contributed by atoms with van der Waals surface area (Å²) in [6.07, 6.45) is 1.24. The summed E-state index contributed by atoms with van der Waals surface area (Å²) in [7, 11) is -0.982. The molecule has 9 heteroatoms. The van der Waals surface area contributed by atoms with Crippen LogP contribution in [-0.4, -0.2) is 27.6 Å². The first-order chi connectivity index (χ1) is 13.4. The van der Waals surface area contributed by atoms with Crippen LogP contribution < -0.4 is 15.2 Å². The van der Waals surface area contributed by atoms with Gasteiger partial charge in [0.2, 0.25) is 0 Å². The topological polar surface area (TPSA) is 122 Å². The van der Waals surface area contributed by atoms with Crippen LogP contribution in [0.2, 0.25) is 0 Å². The van der Waals surface area contributed by atoms with E-state index in [1.807, 2.05) is 0 Å².